The Labute approximate surface area is 119 Å². The van der Waals surface area contributed by atoms with E-state index in [1.807, 2.05) is 0 Å². The molecule has 3 aromatic rings. The summed E-state index contributed by atoms with van der Waals surface area (Å²) in [5.74, 6) is -0.252. The summed E-state index contributed by atoms with van der Waals surface area (Å²) in [6.07, 6.45) is 0. The van der Waals surface area contributed by atoms with Gasteiger partial charge in [-0.05, 0) is 30.3 Å². The number of amides is 1. The summed E-state index contributed by atoms with van der Waals surface area (Å²) < 4.78 is 0. The number of benzene rings is 2. The van der Waals surface area contributed by atoms with E-state index in [9.17, 15) is 14.7 Å². The Hall–Kier alpha value is -3.08. The van der Waals surface area contributed by atoms with Crippen LogP contribution in [0.3, 0.4) is 0 Å². The molecule has 3 rings (SSSR count). The van der Waals surface area contributed by atoms with Crippen molar-refractivity contribution in [1.82, 2.24) is 4.98 Å². The molecule has 104 valence electrons. The highest BCUT2D eigenvalue weighted by Gasteiger charge is 2.11. The van der Waals surface area contributed by atoms with E-state index >= 15 is 0 Å². The fourth-order valence-electron chi connectivity index (χ4n) is 2.14. The lowest BCUT2D eigenvalue weighted by molar-refractivity contribution is 0.102. The van der Waals surface area contributed by atoms with Crippen LogP contribution in [0.4, 0.5) is 5.69 Å². The largest absolute Gasteiger partial charge is 0.508 e. The van der Waals surface area contributed by atoms with Crippen LogP contribution in [0.1, 0.15) is 10.4 Å². The van der Waals surface area contributed by atoms with E-state index in [2.05, 4.69) is 10.3 Å². The molecule has 5 nitrogen and oxygen atoms in total. The van der Waals surface area contributed by atoms with Crippen LogP contribution in [0.5, 0.6) is 5.75 Å². The first kappa shape index (κ1) is 12.9. The van der Waals surface area contributed by atoms with Crippen LogP contribution in [0.2, 0.25) is 0 Å². The van der Waals surface area contributed by atoms with E-state index in [4.69, 9.17) is 0 Å². The van der Waals surface area contributed by atoms with E-state index in [1.54, 1.807) is 36.4 Å². The highest BCUT2D eigenvalue weighted by atomic mass is 16.3. The monoisotopic (exact) mass is 280 g/mol. The Bertz CT molecular complexity index is 867. The first-order chi connectivity index (χ1) is 10.1. The molecule has 0 aliphatic carbocycles. The predicted octanol–water partition coefficient (Wildman–Crippen LogP) is 2.49. The number of carbonyl (C=O) groups is 1. The summed E-state index contributed by atoms with van der Waals surface area (Å²) in [4.78, 5) is 26.7. The number of pyridine rings is 1. The first-order valence-corrected chi connectivity index (χ1v) is 6.36. The quantitative estimate of drug-likeness (QED) is 0.631. The number of fused-ring (bicyclic) bond motifs is 1. The van der Waals surface area contributed by atoms with Gasteiger partial charge in [0.1, 0.15) is 5.75 Å². The molecule has 0 aliphatic rings. The van der Waals surface area contributed by atoms with Crippen molar-refractivity contribution < 1.29 is 9.90 Å². The number of nitrogens with one attached hydrogen (secondary N) is 2. The summed E-state index contributed by atoms with van der Waals surface area (Å²) >= 11 is 0. The molecule has 0 atom stereocenters. The van der Waals surface area contributed by atoms with Crippen molar-refractivity contribution in [3.63, 3.8) is 0 Å². The summed E-state index contributed by atoms with van der Waals surface area (Å²) in [5, 5.41) is 12.6. The van der Waals surface area contributed by atoms with Crippen molar-refractivity contribution in [1.29, 1.82) is 0 Å². The van der Waals surface area contributed by atoms with Gasteiger partial charge in [0.15, 0.2) is 0 Å². The van der Waals surface area contributed by atoms with Crippen LogP contribution in [0.15, 0.2) is 59.4 Å². The van der Waals surface area contributed by atoms with E-state index < -0.39 is 0 Å². The maximum absolute atomic E-state index is 12.3. The number of para-hydroxylation sites is 1. The Kier molecular flexibility index (Phi) is 3.16. The maximum atomic E-state index is 12.3. The van der Waals surface area contributed by atoms with Crippen LogP contribution >= 0.6 is 0 Å². The Balaban J connectivity index is 2.01. The minimum Gasteiger partial charge on any atom is -0.508 e. The second-order valence-electron chi connectivity index (χ2n) is 4.59. The molecule has 21 heavy (non-hydrogen) atoms. The Morgan fingerprint density at radius 3 is 2.52 bits per heavy atom. The molecule has 0 spiro atoms. The zero-order valence-electron chi connectivity index (χ0n) is 11.0. The molecule has 5 heteroatoms. The number of anilines is 1. The molecule has 1 amide bonds. The van der Waals surface area contributed by atoms with Crippen LogP contribution in [0.25, 0.3) is 10.9 Å². The number of aromatic hydroxyl groups is 1. The summed E-state index contributed by atoms with van der Waals surface area (Å²) in [5.41, 5.74) is 1.13. The lowest BCUT2D eigenvalue weighted by Crippen LogP contribution is -2.16. The van der Waals surface area contributed by atoms with Gasteiger partial charge in [-0.3, -0.25) is 9.59 Å². The van der Waals surface area contributed by atoms with Crippen LogP contribution in [-0.2, 0) is 0 Å². The molecule has 0 aliphatic heterocycles. The van der Waals surface area contributed by atoms with Gasteiger partial charge in [-0.25, -0.2) is 0 Å². The number of H-pyrrole nitrogens is 1. The highest BCUT2D eigenvalue weighted by Crippen LogP contribution is 2.18. The van der Waals surface area contributed by atoms with E-state index in [-0.39, 0.29) is 17.2 Å². The number of aromatic nitrogens is 1. The van der Waals surface area contributed by atoms with Crippen molar-refractivity contribution in [2.24, 2.45) is 0 Å². The van der Waals surface area contributed by atoms with E-state index in [0.717, 1.165) is 0 Å². The molecular weight excluding hydrogens is 268 g/mol. The fourth-order valence-corrected chi connectivity index (χ4v) is 2.14. The maximum Gasteiger partial charge on any atom is 0.256 e. The molecule has 2 aromatic carbocycles. The minimum atomic E-state index is -0.372. The normalized spacial score (nSPS) is 10.5. The van der Waals surface area contributed by atoms with Gasteiger partial charge in [-0.1, -0.05) is 18.2 Å². The molecule has 0 saturated carbocycles. The number of aromatic amines is 1. The molecule has 0 fully saturated rings. The molecule has 1 heterocycles. The minimum absolute atomic E-state index is 0.120. The van der Waals surface area contributed by atoms with Crippen molar-refractivity contribution in [2.45, 2.75) is 0 Å². The van der Waals surface area contributed by atoms with Crippen molar-refractivity contribution in [3.05, 3.63) is 70.5 Å². The predicted molar refractivity (Wildman–Crippen MR) is 80.6 cm³/mol. The Morgan fingerprint density at radius 2 is 1.76 bits per heavy atom. The van der Waals surface area contributed by atoms with Gasteiger partial charge in [0.25, 0.3) is 5.91 Å². The lowest BCUT2D eigenvalue weighted by Gasteiger charge is -2.08. The SMILES string of the molecule is O=C(Nc1ccc(O)cc1)c1cc(=O)[nH]c2ccccc12. The average Bonchev–Trinajstić information content (AvgIpc) is 2.48. The van der Waals surface area contributed by atoms with Crippen LogP contribution in [-0.4, -0.2) is 16.0 Å². The molecule has 0 unspecified atom stereocenters. The van der Waals surface area contributed by atoms with Gasteiger partial charge in [0, 0.05) is 22.7 Å². The van der Waals surface area contributed by atoms with Crippen LogP contribution in [0, 0.1) is 0 Å². The first-order valence-electron chi connectivity index (χ1n) is 6.36. The summed E-state index contributed by atoms with van der Waals surface area (Å²) in [6.45, 7) is 0. The van der Waals surface area contributed by atoms with Crippen molar-refractivity contribution >= 4 is 22.5 Å². The summed E-state index contributed by atoms with van der Waals surface area (Å²) in [6, 6.07) is 14.5. The van der Waals surface area contributed by atoms with Crippen molar-refractivity contribution in [2.75, 3.05) is 5.32 Å². The Morgan fingerprint density at radius 1 is 1.05 bits per heavy atom. The zero-order valence-corrected chi connectivity index (χ0v) is 11.0. The topological polar surface area (TPSA) is 82.2 Å². The molecule has 0 saturated heterocycles. The fraction of sp³-hybridized carbons (Fsp3) is 0. The smallest absolute Gasteiger partial charge is 0.256 e. The number of carbonyl (C=O) groups excluding carboxylic acids is 1. The second-order valence-corrected chi connectivity index (χ2v) is 4.59. The zero-order chi connectivity index (χ0) is 14.8. The molecule has 3 N–H and O–H groups in total. The number of rotatable bonds is 2. The van der Waals surface area contributed by atoms with Gasteiger partial charge in [-0.2, -0.15) is 0 Å². The molecular formula is C16H12N2O3. The third kappa shape index (κ3) is 2.62. The molecule has 0 bridgehead atoms. The highest BCUT2D eigenvalue weighted by molar-refractivity contribution is 6.12. The number of phenols is 1. The summed E-state index contributed by atoms with van der Waals surface area (Å²) in [7, 11) is 0. The third-order valence-corrected chi connectivity index (χ3v) is 3.12. The van der Waals surface area contributed by atoms with Gasteiger partial charge in [0.2, 0.25) is 5.56 Å². The van der Waals surface area contributed by atoms with Gasteiger partial charge in [-0.15, -0.1) is 0 Å². The molecule has 0 radical (unpaired) electrons. The lowest BCUT2D eigenvalue weighted by atomic mass is 10.1. The van der Waals surface area contributed by atoms with Crippen LogP contribution < -0.4 is 10.9 Å². The number of phenolic OH excluding ortho intramolecular Hbond substituents is 1. The third-order valence-electron chi connectivity index (χ3n) is 3.12. The van der Waals surface area contributed by atoms with E-state index in [1.165, 1.54) is 18.2 Å². The standard InChI is InChI=1S/C16H12N2O3/c19-11-7-5-10(6-8-11)17-16(21)13-9-15(20)18-14-4-2-1-3-12(13)14/h1-9,19H,(H,17,21)(H,18,20). The van der Waals surface area contributed by atoms with Gasteiger partial charge in [0.05, 0.1) is 5.56 Å². The second kappa shape index (κ2) is 5.13. The number of hydrogen-bond acceptors (Lipinski definition) is 3. The average molecular weight is 280 g/mol. The van der Waals surface area contributed by atoms with Gasteiger partial charge < -0.3 is 15.4 Å². The van der Waals surface area contributed by atoms with Gasteiger partial charge >= 0.3 is 0 Å². The van der Waals surface area contributed by atoms with Crippen molar-refractivity contribution in [3.8, 4) is 5.75 Å². The number of hydrogen-bond donors (Lipinski definition) is 3. The van der Waals surface area contributed by atoms with E-state index in [0.29, 0.717) is 22.2 Å². The molecule has 1 aromatic heterocycles.